The first kappa shape index (κ1) is 15.6. The van der Waals surface area contributed by atoms with Crippen LogP contribution in [0.1, 0.15) is 46.8 Å². The maximum Gasteiger partial charge on any atom is 0.324 e. The third kappa shape index (κ3) is 2.73. The second kappa shape index (κ2) is 6.20. The summed E-state index contributed by atoms with van der Waals surface area (Å²) in [6.07, 6.45) is 4.72. The fraction of sp³-hybridized carbons (Fsp3) is 0.316. The zero-order valence-electron chi connectivity index (χ0n) is 14.1. The number of carbonyl (C=O) groups excluding carboxylic acids is 2. The number of hydrogen-bond donors (Lipinski definition) is 2. The Labute approximate surface area is 146 Å². The minimum Gasteiger partial charge on any atom is -0.331 e. The molecule has 1 aromatic carbocycles. The average molecular weight is 336 g/mol. The highest BCUT2D eigenvalue weighted by Gasteiger charge is 2.39. The molecule has 6 heteroatoms. The number of urea groups is 1. The predicted molar refractivity (Wildman–Crippen MR) is 95.7 cm³/mol. The third-order valence-corrected chi connectivity index (χ3v) is 4.92. The minimum absolute atomic E-state index is 0.0735. The van der Waals surface area contributed by atoms with Crippen LogP contribution >= 0.6 is 0 Å². The van der Waals surface area contributed by atoms with Crippen molar-refractivity contribution >= 4 is 23.4 Å². The van der Waals surface area contributed by atoms with Crippen LogP contribution in [0, 0.1) is 6.92 Å². The summed E-state index contributed by atoms with van der Waals surface area (Å²) >= 11 is 0. The summed E-state index contributed by atoms with van der Waals surface area (Å²) in [6, 6.07) is 8.96. The summed E-state index contributed by atoms with van der Waals surface area (Å²) < 4.78 is 0. The SMILES string of the molecule is Cc1cccnc1NC(=O)Nc1cccc2c1C1CCCCN1C2=O. The molecule has 0 spiro atoms. The Balaban J connectivity index is 1.59. The summed E-state index contributed by atoms with van der Waals surface area (Å²) in [4.78, 5) is 31.1. The smallest absolute Gasteiger partial charge is 0.324 e. The van der Waals surface area contributed by atoms with Crippen LogP contribution in [0.2, 0.25) is 0 Å². The van der Waals surface area contributed by atoms with E-state index in [0.717, 1.165) is 36.9 Å². The maximum atomic E-state index is 12.6. The van der Waals surface area contributed by atoms with E-state index in [1.165, 1.54) is 0 Å². The van der Waals surface area contributed by atoms with Crippen LogP contribution in [0.5, 0.6) is 0 Å². The van der Waals surface area contributed by atoms with Crippen LogP contribution in [0.3, 0.4) is 0 Å². The number of carbonyl (C=O) groups is 2. The second-order valence-corrected chi connectivity index (χ2v) is 6.52. The normalized spacial score (nSPS) is 18.5. The lowest BCUT2D eigenvalue weighted by atomic mass is 9.96. The van der Waals surface area contributed by atoms with E-state index in [4.69, 9.17) is 0 Å². The molecule has 1 saturated heterocycles. The number of anilines is 2. The lowest BCUT2D eigenvalue weighted by Crippen LogP contribution is -2.32. The predicted octanol–water partition coefficient (Wildman–Crippen LogP) is 3.71. The van der Waals surface area contributed by atoms with Crippen molar-refractivity contribution in [2.45, 2.75) is 32.2 Å². The molecule has 0 aliphatic carbocycles. The molecule has 3 heterocycles. The number of benzene rings is 1. The Morgan fingerprint density at radius 2 is 2.08 bits per heavy atom. The monoisotopic (exact) mass is 336 g/mol. The van der Waals surface area contributed by atoms with Crippen LogP contribution in [-0.2, 0) is 0 Å². The van der Waals surface area contributed by atoms with Crippen LogP contribution in [-0.4, -0.2) is 28.4 Å². The number of nitrogens with one attached hydrogen (secondary N) is 2. The lowest BCUT2D eigenvalue weighted by molar-refractivity contribution is 0.0672. The molecule has 0 saturated carbocycles. The van der Waals surface area contributed by atoms with Crippen molar-refractivity contribution in [3.8, 4) is 0 Å². The number of rotatable bonds is 2. The standard InChI is InChI=1S/C19H20N4O2/c1-12-6-5-10-20-17(12)22-19(25)21-14-8-4-7-13-16(14)15-9-2-3-11-23(15)18(13)24/h4-8,10,15H,2-3,9,11H2,1H3,(H2,20,21,22,25). The van der Waals surface area contributed by atoms with Crippen molar-refractivity contribution in [3.05, 3.63) is 53.2 Å². The van der Waals surface area contributed by atoms with Crippen molar-refractivity contribution < 1.29 is 9.59 Å². The molecule has 0 bridgehead atoms. The molecule has 2 aliphatic heterocycles. The first-order valence-electron chi connectivity index (χ1n) is 8.58. The third-order valence-electron chi connectivity index (χ3n) is 4.92. The molecule has 1 atom stereocenters. The van der Waals surface area contributed by atoms with E-state index in [9.17, 15) is 9.59 Å². The summed E-state index contributed by atoms with van der Waals surface area (Å²) in [6.45, 7) is 2.68. The summed E-state index contributed by atoms with van der Waals surface area (Å²) in [5, 5.41) is 5.68. The fourth-order valence-electron chi connectivity index (χ4n) is 3.73. The number of fused-ring (bicyclic) bond motifs is 3. The van der Waals surface area contributed by atoms with Crippen molar-refractivity contribution in [2.75, 3.05) is 17.2 Å². The zero-order chi connectivity index (χ0) is 17.4. The van der Waals surface area contributed by atoms with E-state index >= 15 is 0 Å². The van der Waals surface area contributed by atoms with Gasteiger partial charge in [0.05, 0.1) is 6.04 Å². The molecular formula is C19H20N4O2. The zero-order valence-corrected chi connectivity index (χ0v) is 14.1. The van der Waals surface area contributed by atoms with Gasteiger partial charge in [-0.15, -0.1) is 0 Å². The number of aromatic nitrogens is 1. The number of aryl methyl sites for hydroxylation is 1. The van der Waals surface area contributed by atoms with Crippen LogP contribution in [0.15, 0.2) is 36.5 Å². The lowest BCUT2D eigenvalue weighted by Gasteiger charge is -2.30. The van der Waals surface area contributed by atoms with Gasteiger partial charge in [-0.2, -0.15) is 0 Å². The average Bonchev–Trinajstić information content (AvgIpc) is 2.91. The largest absolute Gasteiger partial charge is 0.331 e. The number of piperidine rings is 1. The number of nitrogens with zero attached hydrogens (tertiary/aromatic N) is 2. The molecular weight excluding hydrogens is 316 g/mol. The second-order valence-electron chi connectivity index (χ2n) is 6.52. The van der Waals surface area contributed by atoms with E-state index in [1.807, 2.05) is 42.2 Å². The van der Waals surface area contributed by atoms with Gasteiger partial charge in [-0.05, 0) is 49.9 Å². The fourth-order valence-corrected chi connectivity index (χ4v) is 3.73. The van der Waals surface area contributed by atoms with Crippen molar-refractivity contribution in [1.82, 2.24) is 9.88 Å². The van der Waals surface area contributed by atoms with Gasteiger partial charge in [0, 0.05) is 29.6 Å². The van der Waals surface area contributed by atoms with Gasteiger partial charge in [0.2, 0.25) is 0 Å². The van der Waals surface area contributed by atoms with Gasteiger partial charge in [0.15, 0.2) is 0 Å². The molecule has 2 N–H and O–H groups in total. The van der Waals surface area contributed by atoms with Gasteiger partial charge in [-0.3, -0.25) is 10.1 Å². The van der Waals surface area contributed by atoms with Crippen LogP contribution in [0.4, 0.5) is 16.3 Å². The van der Waals surface area contributed by atoms with Gasteiger partial charge >= 0.3 is 6.03 Å². The Morgan fingerprint density at radius 3 is 2.92 bits per heavy atom. The Bertz CT molecular complexity index is 849. The summed E-state index contributed by atoms with van der Waals surface area (Å²) in [7, 11) is 0. The first-order chi connectivity index (χ1) is 12.1. The molecule has 1 fully saturated rings. The van der Waals surface area contributed by atoms with Crippen LogP contribution in [0.25, 0.3) is 0 Å². The van der Waals surface area contributed by atoms with Crippen LogP contribution < -0.4 is 10.6 Å². The minimum atomic E-state index is -0.350. The van der Waals surface area contributed by atoms with Crippen molar-refractivity contribution in [1.29, 1.82) is 0 Å². The highest BCUT2D eigenvalue weighted by atomic mass is 16.2. The first-order valence-corrected chi connectivity index (χ1v) is 8.58. The van der Waals surface area contributed by atoms with Gasteiger partial charge in [0.1, 0.15) is 5.82 Å². The highest BCUT2D eigenvalue weighted by molar-refractivity contribution is 6.05. The molecule has 0 radical (unpaired) electrons. The molecule has 1 unspecified atom stereocenters. The Kier molecular flexibility index (Phi) is 3.87. The van der Waals surface area contributed by atoms with Gasteiger partial charge < -0.3 is 10.2 Å². The number of amides is 3. The number of hydrogen-bond acceptors (Lipinski definition) is 3. The maximum absolute atomic E-state index is 12.6. The van der Waals surface area contributed by atoms with E-state index in [2.05, 4.69) is 15.6 Å². The van der Waals surface area contributed by atoms with E-state index < -0.39 is 0 Å². The molecule has 4 rings (SSSR count). The number of pyridine rings is 1. The van der Waals surface area contributed by atoms with Gasteiger partial charge in [-0.25, -0.2) is 9.78 Å². The molecule has 2 aliphatic rings. The van der Waals surface area contributed by atoms with Crippen molar-refractivity contribution in [2.24, 2.45) is 0 Å². The molecule has 3 amide bonds. The Morgan fingerprint density at radius 1 is 1.20 bits per heavy atom. The van der Waals surface area contributed by atoms with Gasteiger partial charge in [-0.1, -0.05) is 12.1 Å². The van der Waals surface area contributed by atoms with E-state index in [1.54, 1.807) is 6.20 Å². The van der Waals surface area contributed by atoms with Crippen molar-refractivity contribution in [3.63, 3.8) is 0 Å². The van der Waals surface area contributed by atoms with E-state index in [-0.39, 0.29) is 18.0 Å². The van der Waals surface area contributed by atoms with Gasteiger partial charge in [0.25, 0.3) is 5.91 Å². The summed E-state index contributed by atoms with van der Waals surface area (Å²) in [5.74, 6) is 0.604. The summed E-state index contributed by atoms with van der Waals surface area (Å²) in [5.41, 5.74) is 3.25. The topological polar surface area (TPSA) is 74.3 Å². The molecule has 128 valence electrons. The highest BCUT2D eigenvalue weighted by Crippen LogP contribution is 2.43. The van der Waals surface area contributed by atoms with E-state index in [0.29, 0.717) is 17.1 Å². The molecule has 6 nitrogen and oxygen atoms in total. The Hall–Kier alpha value is -2.89. The molecule has 1 aromatic heterocycles. The molecule has 2 aromatic rings. The molecule has 25 heavy (non-hydrogen) atoms. The quantitative estimate of drug-likeness (QED) is 0.878.